The van der Waals surface area contributed by atoms with Gasteiger partial charge < -0.3 is 14.6 Å². The third kappa shape index (κ3) is 7.35. The van der Waals surface area contributed by atoms with Gasteiger partial charge in [-0.1, -0.05) is 74.3 Å². The predicted octanol–water partition coefficient (Wildman–Crippen LogP) is 5.68. The second-order valence-corrected chi connectivity index (χ2v) is 6.83. The number of phenolic OH excluding ortho intramolecular Hbond substituents is 1. The molecule has 0 fully saturated rings. The molecular formula is C24H31N3O3. The molecule has 2 aromatic carbocycles. The first-order valence-electron chi connectivity index (χ1n) is 10.4. The van der Waals surface area contributed by atoms with Crippen LogP contribution in [0.15, 0.2) is 60.8 Å². The normalized spacial score (nSPS) is 11.2. The number of para-hydroxylation sites is 2. The molecule has 1 N–H and O–H groups in total. The topological polar surface area (TPSA) is 77.4 Å². The maximum Gasteiger partial charge on any atom is 0.244 e. The number of hydrogen-bond acceptors (Lipinski definition) is 6. The van der Waals surface area contributed by atoms with Crippen molar-refractivity contribution in [1.29, 1.82) is 0 Å². The minimum atomic E-state index is 0.222. The lowest BCUT2D eigenvalue weighted by Crippen LogP contribution is -2.15. The van der Waals surface area contributed by atoms with Gasteiger partial charge in [0.15, 0.2) is 11.5 Å². The SMILES string of the molecule is CCCCC[C@H](CC)Oc1ccccc1O.COc1nnncc1-c1ccccc1. The van der Waals surface area contributed by atoms with Crippen molar-refractivity contribution in [3.63, 3.8) is 0 Å². The fourth-order valence-corrected chi connectivity index (χ4v) is 2.93. The first kappa shape index (κ1) is 23.1. The van der Waals surface area contributed by atoms with Crippen LogP contribution in [0.2, 0.25) is 0 Å². The van der Waals surface area contributed by atoms with Crippen LogP contribution in [0.4, 0.5) is 0 Å². The number of methoxy groups -OCH3 is 1. The third-order valence-electron chi connectivity index (χ3n) is 4.63. The zero-order valence-electron chi connectivity index (χ0n) is 18.0. The van der Waals surface area contributed by atoms with Gasteiger partial charge in [-0.25, -0.2) is 0 Å². The molecule has 1 aromatic heterocycles. The molecule has 6 heteroatoms. The lowest BCUT2D eigenvalue weighted by atomic mass is 10.1. The van der Waals surface area contributed by atoms with E-state index in [0.717, 1.165) is 24.0 Å². The van der Waals surface area contributed by atoms with E-state index in [1.54, 1.807) is 25.4 Å². The van der Waals surface area contributed by atoms with Crippen LogP contribution in [0.25, 0.3) is 11.1 Å². The highest BCUT2D eigenvalue weighted by molar-refractivity contribution is 5.66. The van der Waals surface area contributed by atoms with Gasteiger partial charge in [0.05, 0.1) is 25.0 Å². The second kappa shape index (κ2) is 13.1. The summed E-state index contributed by atoms with van der Waals surface area (Å²) in [4.78, 5) is 0. The van der Waals surface area contributed by atoms with E-state index in [9.17, 15) is 5.11 Å². The first-order valence-corrected chi connectivity index (χ1v) is 10.4. The van der Waals surface area contributed by atoms with Gasteiger partial charge in [-0.2, -0.15) is 0 Å². The van der Waals surface area contributed by atoms with Crippen LogP contribution in [-0.4, -0.2) is 33.7 Å². The average Bonchev–Trinajstić information content (AvgIpc) is 2.81. The summed E-state index contributed by atoms with van der Waals surface area (Å²) in [6.45, 7) is 4.32. The zero-order valence-corrected chi connectivity index (χ0v) is 18.0. The molecule has 6 nitrogen and oxygen atoms in total. The molecule has 0 unspecified atom stereocenters. The molecule has 0 saturated heterocycles. The zero-order chi connectivity index (χ0) is 21.6. The van der Waals surface area contributed by atoms with E-state index in [-0.39, 0.29) is 11.9 Å². The van der Waals surface area contributed by atoms with Gasteiger partial charge in [-0.15, -0.1) is 5.10 Å². The largest absolute Gasteiger partial charge is 0.504 e. The van der Waals surface area contributed by atoms with E-state index in [2.05, 4.69) is 29.3 Å². The van der Waals surface area contributed by atoms with Crippen molar-refractivity contribution in [2.45, 2.75) is 52.1 Å². The Bertz CT molecular complexity index is 859. The van der Waals surface area contributed by atoms with Crippen molar-refractivity contribution in [3.8, 4) is 28.5 Å². The van der Waals surface area contributed by atoms with Crippen molar-refractivity contribution in [2.24, 2.45) is 0 Å². The van der Waals surface area contributed by atoms with Gasteiger partial charge in [-0.05, 0) is 42.2 Å². The minimum absolute atomic E-state index is 0.222. The van der Waals surface area contributed by atoms with Crippen LogP contribution < -0.4 is 9.47 Å². The Morgan fingerprint density at radius 2 is 1.70 bits per heavy atom. The molecule has 160 valence electrons. The Morgan fingerprint density at radius 1 is 0.967 bits per heavy atom. The average molecular weight is 410 g/mol. The van der Waals surface area contributed by atoms with E-state index in [1.165, 1.54) is 19.3 Å². The van der Waals surface area contributed by atoms with E-state index in [4.69, 9.17) is 9.47 Å². The Morgan fingerprint density at radius 3 is 2.37 bits per heavy atom. The molecule has 0 saturated carbocycles. The fourth-order valence-electron chi connectivity index (χ4n) is 2.93. The molecule has 0 amide bonds. The van der Waals surface area contributed by atoms with E-state index in [1.807, 2.05) is 42.5 Å². The maximum atomic E-state index is 9.60. The Kier molecular flexibility index (Phi) is 10.1. The number of benzene rings is 2. The predicted molar refractivity (Wildman–Crippen MR) is 119 cm³/mol. The highest BCUT2D eigenvalue weighted by atomic mass is 16.5. The third-order valence-corrected chi connectivity index (χ3v) is 4.63. The number of nitrogens with zero attached hydrogens (tertiary/aromatic N) is 3. The van der Waals surface area contributed by atoms with Crippen LogP contribution in [0.3, 0.4) is 0 Å². The molecule has 0 spiro atoms. The van der Waals surface area contributed by atoms with E-state index in [0.29, 0.717) is 11.6 Å². The molecule has 0 radical (unpaired) electrons. The van der Waals surface area contributed by atoms with Crippen molar-refractivity contribution < 1.29 is 14.6 Å². The number of ether oxygens (including phenoxy) is 2. The van der Waals surface area contributed by atoms with Gasteiger partial charge >= 0.3 is 0 Å². The van der Waals surface area contributed by atoms with Crippen LogP contribution in [-0.2, 0) is 0 Å². The summed E-state index contributed by atoms with van der Waals surface area (Å²) in [6.07, 6.45) is 7.59. The summed E-state index contributed by atoms with van der Waals surface area (Å²) in [7, 11) is 1.57. The number of aromatic nitrogens is 3. The number of aromatic hydroxyl groups is 1. The number of phenols is 1. The first-order chi connectivity index (χ1) is 14.7. The smallest absolute Gasteiger partial charge is 0.244 e. The molecule has 0 bridgehead atoms. The molecule has 30 heavy (non-hydrogen) atoms. The summed E-state index contributed by atoms with van der Waals surface area (Å²) in [6, 6.07) is 17.0. The van der Waals surface area contributed by atoms with Crippen LogP contribution in [0.5, 0.6) is 17.4 Å². The van der Waals surface area contributed by atoms with Crippen molar-refractivity contribution in [3.05, 3.63) is 60.8 Å². The molecule has 3 rings (SSSR count). The Hall–Kier alpha value is -3.15. The quantitative estimate of drug-likeness (QED) is 0.458. The van der Waals surface area contributed by atoms with E-state index < -0.39 is 0 Å². The summed E-state index contributed by atoms with van der Waals surface area (Å²) in [5.74, 6) is 1.33. The molecule has 0 aliphatic rings. The van der Waals surface area contributed by atoms with Gasteiger partial charge in [0, 0.05) is 0 Å². The summed E-state index contributed by atoms with van der Waals surface area (Å²) in [5.41, 5.74) is 1.87. The fraction of sp³-hybridized carbons (Fsp3) is 0.375. The molecule has 0 aliphatic heterocycles. The van der Waals surface area contributed by atoms with Crippen molar-refractivity contribution in [2.75, 3.05) is 7.11 Å². The highest BCUT2D eigenvalue weighted by Gasteiger charge is 2.10. The number of rotatable bonds is 9. The standard InChI is InChI=1S/C14H22O2.C10H9N3O/c1-3-5-6-9-12(4-2)16-14-11-8-7-10-13(14)15;1-14-10-9(7-11-13-12-10)8-5-3-2-4-6-8/h7-8,10-12,15H,3-6,9H2,1-2H3;2-7H,1H3/t12-;/m0./s1. The lowest BCUT2D eigenvalue weighted by Gasteiger charge is -2.18. The number of hydrogen-bond donors (Lipinski definition) is 1. The molecule has 1 atom stereocenters. The molecule has 0 aliphatic carbocycles. The summed E-state index contributed by atoms with van der Waals surface area (Å²) in [5, 5.41) is 20.6. The minimum Gasteiger partial charge on any atom is -0.504 e. The van der Waals surface area contributed by atoms with Gasteiger partial charge in [0.25, 0.3) is 0 Å². The van der Waals surface area contributed by atoms with Gasteiger partial charge in [0.1, 0.15) is 0 Å². The molecule has 3 aromatic rings. The van der Waals surface area contributed by atoms with Crippen LogP contribution >= 0.6 is 0 Å². The highest BCUT2D eigenvalue weighted by Crippen LogP contribution is 2.27. The second-order valence-electron chi connectivity index (χ2n) is 6.83. The Labute approximate surface area is 178 Å². The summed E-state index contributed by atoms with van der Waals surface area (Å²) >= 11 is 0. The number of unbranched alkanes of at least 4 members (excludes halogenated alkanes) is 2. The van der Waals surface area contributed by atoms with Gasteiger partial charge in [0.2, 0.25) is 5.88 Å². The van der Waals surface area contributed by atoms with Crippen LogP contribution in [0, 0.1) is 0 Å². The van der Waals surface area contributed by atoms with Crippen molar-refractivity contribution >= 4 is 0 Å². The van der Waals surface area contributed by atoms with Crippen LogP contribution in [0.1, 0.15) is 46.0 Å². The van der Waals surface area contributed by atoms with Gasteiger partial charge in [-0.3, -0.25) is 0 Å². The molecular weight excluding hydrogens is 378 g/mol. The maximum absolute atomic E-state index is 9.60. The summed E-state index contributed by atoms with van der Waals surface area (Å²) < 4.78 is 10.9. The monoisotopic (exact) mass is 409 g/mol. The Balaban J connectivity index is 0.000000215. The van der Waals surface area contributed by atoms with Crippen molar-refractivity contribution in [1.82, 2.24) is 15.4 Å². The molecule has 1 heterocycles. The van der Waals surface area contributed by atoms with E-state index >= 15 is 0 Å². The lowest BCUT2D eigenvalue weighted by molar-refractivity contribution is 0.176.